The minimum atomic E-state index is 0.00212. The van der Waals surface area contributed by atoms with Crippen molar-refractivity contribution in [2.24, 2.45) is 11.0 Å². The molecule has 0 aromatic heterocycles. The molecular weight excluding hydrogens is 322 g/mol. The Labute approximate surface area is 155 Å². The van der Waals surface area contributed by atoms with Crippen molar-refractivity contribution in [2.45, 2.75) is 26.1 Å². The zero-order chi connectivity index (χ0) is 18.2. The van der Waals surface area contributed by atoms with Crippen LogP contribution in [0.2, 0.25) is 0 Å². The molecule has 0 radical (unpaired) electrons. The molecular formula is C21H27N5. The first-order valence-electron chi connectivity index (χ1n) is 9.31. The Morgan fingerprint density at radius 2 is 1.38 bits per heavy atom. The Bertz CT molecular complexity index is 712. The van der Waals surface area contributed by atoms with Crippen LogP contribution in [0.4, 0.5) is 0 Å². The fraction of sp³-hybridized carbons (Fsp3) is 0.429. The number of rotatable bonds is 5. The van der Waals surface area contributed by atoms with Crippen LogP contribution in [-0.4, -0.2) is 42.0 Å². The van der Waals surface area contributed by atoms with E-state index in [1.807, 2.05) is 6.07 Å². The highest BCUT2D eigenvalue weighted by Crippen LogP contribution is 2.18. The lowest BCUT2D eigenvalue weighted by molar-refractivity contribution is 0.124. The summed E-state index contributed by atoms with van der Waals surface area (Å²) in [5.41, 5.74) is 11.6. The van der Waals surface area contributed by atoms with E-state index in [9.17, 15) is 0 Å². The van der Waals surface area contributed by atoms with Gasteiger partial charge in [0.25, 0.3) is 0 Å². The van der Waals surface area contributed by atoms with Gasteiger partial charge in [-0.1, -0.05) is 72.7 Å². The van der Waals surface area contributed by atoms with Gasteiger partial charge in [0.05, 0.1) is 6.04 Å². The fourth-order valence-electron chi connectivity index (χ4n) is 3.63. The SMILES string of the molecule is C[C@H]1CN(Cc2ccccc2)CCN(Cc2ccccc2)C[C@@H]1N=[N+]=[N-]. The van der Waals surface area contributed by atoms with Crippen molar-refractivity contribution >= 4 is 0 Å². The summed E-state index contributed by atoms with van der Waals surface area (Å²) < 4.78 is 0. The first-order chi connectivity index (χ1) is 12.7. The Morgan fingerprint density at radius 3 is 1.88 bits per heavy atom. The van der Waals surface area contributed by atoms with Gasteiger partial charge in [0.2, 0.25) is 0 Å². The molecule has 1 saturated heterocycles. The van der Waals surface area contributed by atoms with Gasteiger partial charge < -0.3 is 0 Å². The van der Waals surface area contributed by atoms with Crippen LogP contribution in [0.15, 0.2) is 65.8 Å². The second-order valence-electron chi connectivity index (χ2n) is 7.19. The third-order valence-corrected chi connectivity index (χ3v) is 5.08. The molecule has 1 aliphatic rings. The van der Waals surface area contributed by atoms with Gasteiger partial charge in [0, 0.05) is 44.2 Å². The average Bonchev–Trinajstić information content (AvgIpc) is 2.66. The second kappa shape index (κ2) is 9.39. The minimum absolute atomic E-state index is 0.00212. The van der Waals surface area contributed by atoms with Crippen LogP contribution in [0, 0.1) is 5.92 Å². The van der Waals surface area contributed by atoms with Crippen LogP contribution >= 0.6 is 0 Å². The van der Waals surface area contributed by atoms with E-state index < -0.39 is 0 Å². The smallest absolute Gasteiger partial charge is 0.0539 e. The molecule has 2 aromatic rings. The van der Waals surface area contributed by atoms with Gasteiger partial charge >= 0.3 is 0 Å². The molecule has 0 saturated carbocycles. The molecule has 0 amide bonds. The average molecular weight is 349 g/mol. The molecule has 5 nitrogen and oxygen atoms in total. The molecule has 26 heavy (non-hydrogen) atoms. The van der Waals surface area contributed by atoms with E-state index in [1.54, 1.807) is 0 Å². The van der Waals surface area contributed by atoms with Crippen molar-refractivity contribution in [3.8, 4) is 0 Å². The van der Waals surface area contributed by atoms with Crippen LogP contribution < -0.4 is 0 Å². The fourth-order valence-corrected chi connectivity index (χ4v) is 3.63. The summed E-state index contributed by atoms with van der Waals surface area (Å²) in [6, 6.07) is 21.1. The van der Waals surface area contributed by atoms with Gasteiger partial charge in [-0.05, 0) is 22.6 Å². The van der Waals surface area contributed by atoms with Gasteiger partial charge in [0.15, 0.2) is 0 Å². The normalized spacial score (nSPS) is 22.2. The van der Waals surface area contributed by atoms with E-state index in [4.69, 9.17) is 5.53 Å². The maximum Gasteiger partial charge on any atom is 0.0539 e. The van der Waals surface area contributed by atoms with Crippen molar-refractivity contribution in [1.82, 2.24) is 9.80 Å². The first-order valence-corrected chi connectivity index (χ1v) is 9.31. The molecule has 2 atom stereocenters. The topological polar surface area (TPSA) is 55.2 Å². The third-order valence-electron chi connectivity index (χ3n) is 5.08. The molecule has 1 fully saturated rings. The van der Waals surface area contributed by atoms with Gasteiger partial charge in [-0.25, -0.2) is 0 Å². The summed E-state index contributed by atoms with van der Waals surface area (Å²) in [4.78, 5) is 8.01. The molecule has 1 heterocycles. The third kappa shape index (κ3) is 5.33. The quantitative estimate of drug-likeness (QED) is 0.458. The number of hydrogen-bond donors (Lipinski definition) is 0. The van der Waals surface area contributed by atoms with E-state index in [-0.39, 0.29) is 6.04 Å². The lowest BCUT2D eigenvalue weighted by atomic mass is 9.99. The molecule has 0 spiro atoms. The number of benzene rings is 2. The van der Waals surface area contributed by atoms with E-state index >= 15 is 0 Å². The van der Waals surface area contributed by atoms with Crippen molar-refractivity contribution in [1.29, 1.82) is 0 Å². The minimum Gasteiger partial charge on any atom is -0.298 e. The van der Waals surface area contributed by atoms with Crippen LogP contribution in [0.1, 0.15) is 18.1 Å². The lowest BCUT2D eigenvalue weighted by Crippen LogP contribution is -2.46. The van der Waals surface area contributed by atoms with Gasteiger partial charge in [-0.2, -0.15) is 0 Å². The molecule has 0 bridgehead atoms. The van der Waals surface area contributed by atoms with Crippen molar-refractivity contribution in [3.63, 3.8) is 0 Å². The number of nitrogens with zero attached hydrogens (tertiary/aromatic N) is 5. The summed E-state index contributed by atoms with van der Waals surface area (Å²) in [6.45, 7) is 7.80. The van der Waals surface area contributed by atoms with Gasteiger partial charge in [-0.3, -0.25) is 9.80 Å². The molecule has 0 aliphatic carbocycles. The molecule has 0 N–H and O–H groups in total. The first kappa shape index (κ1) is 18.5. The predicted molar refractivity (Wildman–Crippen MR) is 106 cm³/mol. The Kier molecular flexibility index (Phi) is 6.67. The summed E-state index contributed by atoms with van der Waals surface area (Å²) in [7, 11) is 0. The second-order valence-corrected chi connectivity index (χ2v) is 7.19. The summed E-state index contributed by atoms with van der Waals surface area (Å²) in [5.74, 6) is 0.327. The zero-order valence-electron chi connectivity index (χ0n) is 15.4. The van der Waals surface area contributed by atoms with E-state index in [0.29, 0.717) is 5.92 Å². The van der Waals surface area contributed by atoms with Crippen LogP contribution in [0.25, 0.3) is 10.4 Å². The maximum atomic E-state index is 9.00. The number of hydrogen-bond acceptors (Lipinski definition) is 3. The summed E-state index contributed by atoms with van der Waals surface area (Å²) in [5, 5.41) is 4.11. The van der Waals surface area contributed by atoms with Crippen molar-refractivity contribution < 1.29 is 0 Å². The van der Waals surface area contributed by atoms with Crippen LogP contribution in [-0.2, 0) is 13.1 Å². The van der Waals surface area contributed by atoms with Crippen molar-refractivity contribution in [3.05, 3.63) is 82.2 Å². The van der Waals surface area contributed by atoms with E-state index in [0.717, 1.165) is 39.3 Å². The molecule has 1 aliphatic heterocycles. The highest BCUT2D eigenvalue weighted by molar-refractivity contribution is 5.15. The van der Waals surface area contributed by atoms with E-state index in [1.165, 1.54) is 11.1 Å². The standard InChI is InChI=1S/C21H27N5/c1-18-14-25(15-19-8-4-2-5-9-19)12-13-26(17-21(18)23-24-22)16-20-10-6-3-7-11-20/h2-11,18,21H,12-17H2,1H3/t18-,21-/m0/s1. The summed E-state index contributed by atoms with van der Waals surface area (Å²) in [6.07, 6.45) is 0. The zero-order valence-corrected chi connectivity index (χ0v) is 15.4. The Morgan fingerprint density at radius 1 is 0.885 bits per heavy atom. The van der Waals surface area contributed by atoms with Gasteiger partial charge in [-0.15, -0.1) is 0 Å². The van der Waals surface area contributed by atoms with Crippen LogP contribution in [0.5, 0.6) is 0 Å². The Hall–Kier alpha value is -2.33. The van der Waals surface area contributed by atoms with Crippen molar-refractivity contribution in [2.75, 3.05) is 26.2 Å². The molecule has 136 valence electrons. The molecule has 5 heteroatoms. The highest BCUT2D eigenvalue weighted by Gasteiger charge is 2.25. The molecule has 2 aromatic carbocycles. The number of azide groups is 1. The predicted octanol–water partition coefficient (Wildman–Crippen LogP) is 4.32. The Balaban J connectivity index is 1.72. The monoisotopic (exact) mass is 349 g/mol. The highest BCUT2D eigenvalue weighted by atomic mass is 15.2. The van der Waals surface area contributed by atoms with Crippen LogP contribution in [0.3, 0.4) is 0 Å². The largest absolute Gasteiger partial charge is 0.298 e. The summed E-state index contributed by atoms with van der Waals surface area (Å²) >= 11 is 0. The van der Waals surface area contributed by atoms with Gasteiger partial charge in [0.1, 0.15) is 0 Å². The maximum absolute atomic E-state index is 9.00. The molecule has 0 unspecified atom stereocenters. The lowest BCUT2D eigenvalue weighted by Gasteiger charge is -2.36. The molecule has 3 rings (SSSR count). The van der Waals surface area contributed by atoms with E-state index in [2.05, 4.69) is 81.3 Å².